The van der Waals surface area contributed by atoms with Crippen molar-refractivity contribution in [1.29, 1.82) is 0 Å². The van der Waals surface area contributed by atoms with Gasteiger partial charge in [-0.05, 0) is 31.3 Å². The van der Waals surface area contributed by atoms with E-state index in [0.29, 0.717) is 11.4 Å². The van der Waals surface area contributed by atoms with Crippen LogP contribution in [0.1, 0.15) is 6.92 Å². The summed E-state index contributed by atoms with van der Waals surface area (Å²) in [6, 6.07) is -0.822. The van der Waals surface area contributed by atoms with Crippen LogP contribution in [0, 0.1) is 10.4 Å². The number of rotatable bonds is 2. The van der Waals surface area contributed by atoms with Crippen molar-refractivity contribution in [2.24, 2.45) is 15.9 Å². The third-order valence-corrected chi connectivity index (χ3v) is 3.05. The number of amides is 1. The van der Waals surface area contributed by atoms with Gasteiger partial charge in [-0.1, -0.05) is 0 Å². The molecule has 0 fully saturated rings. The molecule has 0 aromatic heterocycles. The Kier molecular flexibility index (Phi) is 4.10. The number of allylic oxidation sites excluding steroid dienone is 4. The van der Waals surface area contributed by atoms with E-state index >= 15 is 0 Å². The van der Waals surface area contributed by atoms with E-state index in [1.54, 1.807) is 6.92 Å². The van der Waals surface area contributed by atoms with E-state index in [9.17, 15) is 15.2 Å². The fourth-order valence-electron chi connectivity index (χ4n) is 1.62. The van der Waals surface area contributed by atoms with Gasteiger partial charge in [0.05, 0.1) is 11.4 Å². The first kappa shape index (κ1) is 14.8. The summed E-state index contributed by atoms with van der Waals surface area (Å²) in [5.41, 5.74) is 3.46. The number of nitrogens with zero attached hydrogens (tertiary/aromatic N) is 4. The van der Waals surface area contributed by atoms with E-state index in [1.165, 1.54) is 24.3 Å². The maximum absolute atomic E-state index is 11.9. The fraction of sp³-hybridized carbons (Fsp3) is 0.182. The molecule has 21 heavy (non-hydrogen) atoms. The summed E-state index contributed by atoms with van der Waals surface area (Å²) >= 11 is 4.82. The van der Waals surface area contributed by atoms with Crippen molar-refractivity contribution in [3.05, 3.63) is 34.7 Å². The lowest BCUT2D eigenvalue weighted by atomic mass is 10.1. The maximum Gasteiger partial charge on any atom is 0.273 e. The first-order valence-corrected chi connectivity index (χ1v) is 6.19. The first-order chi connectivity index (χ1) is 9.90. The summed E-state index contributed by atoms with van der Waals surface area (Å²) in [5.74, 6) is 5.00. The Morgan fingerprint density at radius 1 is 1.43 bits per heavy atom. The smallest absolute Gasteiger partial charge is 0.273 e. The average molecular weight is 307 g/mol. The molecule has 0 saturated heterocycles. The molecule has 2 rings (SSSR count). The zero-order valence-electron chi connectivity index (χ0n) is 10.9. The molecule has 1 amide bonds. The molecule has 9 nitrogen and oxygen atoms in total. The van der Waals surface area contributed by atoms with Gasteiger partial charge >= 0.3 is 0 Å². The zero-order valence-corrected chi connectivity index (χ0v) is 11.7. The molecule has 1 atom stereocenters. The first-order valence-electron chi connectivity index (χ1n) is 5.78. The van der Waals surface area contributed by atoms with Crippen LogP contribution >= 0.6 is 12.2 Å². The van der Waals surface area contributed by atoms with Gasteiger partial charge in [0.25, 0.3) is 5.91 Å². The molecule has 0 saturated carbocycles. The van der Waals surface area contributed by atoms with E-state index in [1.807, 2.05) is 0 Å². The Morgan fingerprint density at radius 3 is 2.62 bits per heavy atom. The van der Waals surface area contributed by atoms with E-state index in [2.05, 4.69) is 15.5 Å². The Hall–Kier alpha value is -2.59. The molecule has 10 heteroatoms. The number of hydrazine groups is 1. The highest BCUT2D eigenvalue weighted by Crippen LogP contribution is 2.05. The van der Waals surface area contributed by atoms with Crippen molar-refractivity contribution in [3.63, 3.8) is 0 Å². The highest BCUT2D eigenvalue weighted by atomic mass is 32.1. The summed E-state index contributed by atoms with van der Waals surface area (Å²) in [6.45, 7) is 1.63. The van der Waals surface area contributed by atoms with Crippen LogP contribution in [0.3, 0.4) is 0 Å². The number of hydrazone groups is 1. The summed E-state index contributed by atoms with van der Waals surface area (Å²) in [7, 11) is 0. The molecule has 1 heterocycles. The van der Waals surface area contributed by atoms with Crippen LogP contribution in [0.15, 0.2) is 34.4 Å². The largest absolute Gasteiger partial charge is 0.612 e. The van der Waals surface area contributed by atoms with E-state index in [-0.39, 0.29) is 10.8 Å². The lowest BCUT2D eigenvalue weighted by molar-refractivity contribution is -0.377. The van der Waals surface area contributed by atoms with Gasteiger partial charge in [-0.15, -0.1) is 0 Å². The van der Waals surface area contributed by atoms with Gasteiger partial charge in [0.2, 0.25) is 10.8 Å². The minimum atomic E-state index is -0.822. The molecule has 1 aliphatic carbocycles. The average Bonchev–Trinajstić information content (AvgIpc) is 2.45. The predicted molar refractivity (Wildman–Crippen MR) is 81.4 cm³/mol. The number of nitrogens with one attached hydrogen (secondary N) is 1. The Balaban J connectivity index is 2.12. The van der Waals surface area contributed by atoms with Gasteiger partial charge in [0.15, 0.2) is 6.04 Å². The van der Waals surface area contributed by atoms with Crippen LogP contribution in [0.2, 0.25) is 0 Å². The number of aliphatic imine (C=N–C) groups is 1. The van der Waals surface area contributed by atoms with E-state index in [4.69, 9.17) is 18.1 Å². The van der Waals surface area contributed by atoms with Gasteiger partial charge in [0.1, 0.15) is 0 Å². The van der Waals surface area contributed by atoms with Crippen molar-refractivity contribution in [1.82, 2.24) is 10.4 Å². The van der Waals surface area contributed by atoms with Crippen LogP contribution < -0.4 is 11.3 Å². The molecule has 0 aromatic rings. The molecular weight excluding hydrogens is 296 g/mol. The summed E-state index contributed by atoms with van der Waals surface area (Å²) < 4.78 is 0. The van der Waals surface area contributed by atoms with Crippen LogP contribution in [-0.4, -0.2) is 44.1 Å². The second-order valence-corrected chi connectivity index (χ2v) is 4.56. The highest BCUT2D eigenvalue weighted by molar-refractivity contribution is 7.80. The zero-order chi connectivity index (χ0) is 15.6. The van der Waals surface area contributed by atoms with Gasteiger partial charge in [-0.25, -0.2) is 15.8 Å². The normalized spacial score (nSPS) is 21.5. The number of carbonyl (C=O) groups is 1. The monoisotopic (exact) mass is 307 g/mol. The van der Waals surface area contributed by atoms with Crippen molar-refractivity contribution in [3.8, 4) is 0 Å². The second kappa shape index (κ2) is 5.81. The molecule has 0 spiro atoms. The lowest BCUT2D eigenvalue weighted by Crippen LogP contribution is -2.56. The van der Waals surface area contributed by atoms with E-state index in [0.717, 1.165) is 5.01 Å². The maximum atomic E-state index is 11.9. The number of thiocarbonyl (C=S) groups is 1. The highest BCUT2D eigenvalue weighted by Gasteiger charge is 2.31. The van der Waals surface area contributed by atoms with Crippen molar-refractivity contribution in [2.45, 2.75) is 13.0 Å². The van der Waals surface area contributed by atoms with Crippen LogP contribution in [0.4, 0.5) is 0 Å². The van der Waals surface area contributed by atoms with Crippen molar-refractivity contribution in [2.75, 3.05) is 0 Å². The number of hydrogen-bond acceptors (Lipinski definition) is 7. The molecule has 0 radical (unpaired) electrons. The second-order valence-electron chi connectivity index (χ2n) is 4.19. The van der Waals surface area contributed by atoms with Gasteiger partial charge < -0.3 is 10.4 Å². The fourth-order valence-corrected chi connectivity index (χ4v) is 1.85. The molecule has 1 unspecified atom stereocenters. The number of nitrogens with two attached hydrogens (primary N) is 1. The Bertz CT molecular complexity index is 626. The molecule has 3 N–H and O–H groups in total. The number of carbonyl (C=O) groups excluding carboxylic acids is 1. The molecular formula is C11H11N6O3S-. The van der Waals surface area contributed by atoms with Crippen LogP contribution in [-0.2, 0) is 4.79 Å². The van der Waals surface area contributed by atoms with Gasteiger partial charge in [-0.2, -0.15) is 10.0 Å². The lowest BCUT2D eigenvalue weighted by Gasteiger charge is -2.26. The molecule has 1 aliphatic heterocycles. The SMILES string of the molecule is CC1=NC(=S)N(N)C(=O)C1NN=C1C=CC(=[N+]([O-])[O-])C=C1. The summed E-state index contributed by atoms with van der Waals surface area (Å²) in [4.78, 5) is 15.4. The minimum Gasteiger partial charge on any atom is -0.612 e. The summed E-state index contributed by atoms with van der Waals surface area (Å²) in [6.07, 6.45) is 5.54. The molecule has 0 aromatic carbocycles. The van der Waals surface area contributed by atoms with E-state index < -0.39 is 16.9 Å². The standard InChI is InChI=1S/C11H11N6O3S/c1-6-9(10(18)16(12)11(21)13-6)15-14-7-2-4-8(5-3-7)17(19)20/h2-5,9,15H,12H2,1H3/q-1. The molecule has 110 valence electrons. The van der Waals surface area contributed by atoms with Gasteiger partial charge in [-0.3, -0.25) is 10.2 Å². The third-order valence-electron chi connectivity index (χ3n) is 2.76. The third kappa shape index (κ3) is 3.12. The number of hydrogen-bond donors (Lipinski definition) is 2. The van der Waals surface area contributed by atoms with Crippen molar-refractivity contribution >= 4 is 40.4 Å². The van der Waals surface area contributed by atoms with Crippen molar-refractivity contribution < 1.29 is 9.70 Å². The molecule has 2 aliphatic rings. The summed E-state index contributed by atoms with van der Waals surface area (Å²) in [5, 5.41) is 25.8. The van der Waals surface area contributed by atoms with Crippen LogP contribution in [0.5, 0.6) is 0 Å². The Morgan fingerprint density at radius 2 is 2.05 bits per heavy atom. The van der Waals surface area contributed by atoms with Gasteiger partial charge in [0, 0.05) is 12.2 Å². The minimum absolute atomic E-state index is 0.00844. The predicted octanol–water partition coefficient (Wildman–Crippen LogP) is -0.663. The van der Waals surface area contributed by atoms with Crippen LogP contribution in [0.25, 0.3) is 0 Å². The Labute approximate surface area is 125 Å². The quantitative estimate of drug-likeness (QED) is 0.174. The topological polar surface area (TPSA) is 132 Å². The molecule has 0 bridgehead atoms.